The average molecular weight is 927 g/mol. The smallest absolute Gasteiger partial charge is 0.339 e. The fourth-order valence-electron chi connectivity index (χ4n) is 6.97. The van der Waals surface area contributed by atoms with E-state index in [-0.39, 0.29) is 55.0 Å². The Balaban J connectivity index is 1.34. The molecule has 1 saturated heterocycles. The number of hydrogen-bond donors (Lipinski definition) is 1. The van der Waals surface area contributed by atoms with E-state index in [1.54, 1.807) is 30.3 Å². The van der Waals surface area contributed by atoms with Gasteiger partial charge in [-0.25, -0.2) is 9.69 Å². The molecule has 1 fully saturated rings. The first-order valence-corrected chi connectivity index (χ1v) is 23.4. The lowest BCUT2D eigenvalue weighted by Crippen LogP contribution is -2.44. The first-order chi connectivity index (χ1) is 28.3. The molecule has 2 atom stereocenters. The number of nitrogens with one attached hydrogen (secondary N) is 1. The van der Waals surface area contributed by atoms with E-state index < -0.39 is 44.5 Å². The van der Waals surface area contributed by atoms with Gasteiger partial charge in [0.15, 0.2) is 5.82 Å². The molecule has 2 heterocycles. The van der Waals surface area contributed by atoms with Gasteiger partial charge in [-0.05, 0) is 80.6 Å². The molecule has 1 N–H and O–H groups in total. The number of unbranched alkanes of at least 4 members (excludes halogenated alkanes) is 10. The minimum Gasteiger partial charge on any atom is -0.369 e. The second-order valence-electron chi connectivity index (χ2n) is 14.6. The van der Waals surface area contributed by atoms with Gasteiger partial charge in [0.1, 0.15) is 10.6 Å². The van der Waals surface area contributed by atoms with Crippen molar-refractivity contribution in [1.82, 2.24) is 14.8 Å². The molecule has 0 spiro atoms. The number of nitrogens with zero attached hydrogens (tertiary/aromatic N) is 3. The molecular formula is C43H49Cl5N4O6S. The Morgan fingerprint density at radius 1 is 0.814 bits per heavy atom. The van der Waals surface area contributed by atoms with Crippen molar-refractivity contribution >= 4 is 91.4 Å². The van der Waals surface area contributed by atoms with Crippen LogP contribution in [0.5, 0.6) is 5.75 Å². The van der Waals surface area contributed by atoms with Crippen LogP contribution in [0, 0.1) is 5.92 Å². The van der Waals surface area contributed by atoms with E-state index in [1.807, 2.05) is 0 Å². The fourth-order valence-corrected chi connectivity index (χ4v) is 9.36. The van der Waals surface area contributed by atoms with E-state index in [1.165, 1.54) is 94.2 Å². The molecule has 0 saturated carbocycles. The molecule has 1 aliphatic rings. The van der Waals surface area contributed by atoms with E-state index in [2.05, 4.69) is 24.2 Å². The van der Waals surface area contributed by atoms with E-state index >= 15 is 0 Å². The summed E-state index contributed by atoms with van der Waals surface area (Å²) in [4.78, 5) is 42.1. The molecule has 2 unspecified atom stereocenters. The second-order valence-corrected chi connectivity index (χ2v) is 18.4. The summed E-state index contributed by atoms with van der Waals surface area (Å²) in [6, 6.07) is 16.0. The van der Waals surface area contributed by atoms with E-state index in [4.69, 9.17) is 62.2 Å². The highest BCUT2D eigenvalue weighted by molar-refractivity contribution is 7.87. The van der Waals surface area contributed by atoms with Crippen LogP contribution in [0.3, 0.4) is 0 Å². The summed E-state index contributed by atoms with van der Waals surface area (Å²) in [5, 5.41) is 4.73. The van der Waals surface area contributed by atoms with Crippen LogP contribution in [0.2, 0.25) is 20.1 Å². The van der Waals surface area contributed by atoms with Crippen LogP contribution >= 0.6 is 58.0 Å². The van der Waals surface area contributed by atoms with Crippen molar-refractivity contribution in [3.05, 3.63) is 109 Å². The first kappa shape index (κ1) is 46.6. The number of halogens is 5. The van der Waals surface area contributed by atoms with Crippen LogP contribution in [0.15, 0.2) is 88.6 Å². The monoisotopic (exact) mass is 924 g/mol. The van der Waals surface area contributed by atoms with E-state index in [9.17, 15) is 22.8 Å². The summed E-state index contributed by atoms with van der Waals surface area (Å²) >= 11 is 32.0. The van der Waals surface area contributed by atoms with Crippen molar-refractivity contribution in [1.29, 1.82) is 0 Å². The summed E-state index contributed by atoms with van der Waals surface area (Å²) in [6.45, 7) is 2.24. The molecule has 2 amide bonds. The maximum Gasteiger partial charge on any atom is 0.339 e. The quantitative estimate of drug-likeness (QED) is 0.0258. The number of anilines is 2. The number of alkyl halides is 1. The number of rotatable bonds is 23. The van der Waals surface area contributed by atoms with Gasteiger partial charge < -0.3 is 4.18 Å². The van der Waals surface area contributed by atoms with E-state index in [0.717, 1.165) is 34.0 Å². The Kier molecular flexibility index (Phi) is 17.7. The highest BCUT2D eigenvalue weighted by Crippen LogP contribution is 2.40. The lowest BCUT2D eigenvalue weighted by molar-refractivity contribution is -0.139. The second kappa shape index (κ2) is 22.4. The van der Waals surface area contributed by atoms with Crippen molar-refractivity contribution in [3.8, 4) is 11.4 Å². The number of hydrazine groups is 1. The number of imide groups is 1. The summed E-state index contributed by atoms with van der Waals surface area (Å²) in [6.07, 6.45) is 19.6. The number of amides is 2. The maximum atomic E-state index is 14.3. The number of H-pyrrole nitrogens is 1. The van der Waals surface area contributed by atoms with Crippen LogP contribution in [0.1, 0.15) is 103 Å². The highest BCUT2D eigenvalue weighted by atomic mass is 35.5. The average Bonchev–Trinajstić information content (AvgIpc) is 3.64. The van der Waals surface area contributed by atoms with Crippen LogP contribution in [0.25, 0.3) is 5.69 Å². The first-order valence-electron chi connectivity index (χ1n) is 20.0. The summed E-state index contributed by atoms with van der Waals surface area (Å²) in [5.74, 6) is -3.15. The largest absolute Gasteiger partial charge is 0.369 e. The Labute approximate surface area is 371 Å². The van der Waals surface area contributed by atoms with Crippen molar-refractivity contribution in [3.63, 3.8) is 0 Å². The lowest BCUT2D eigenvalue weighted by atomic mass is 9.99. The number of allylic oxidation sites excluding steroid dienone is 2. The maximum absolute atomic E-state index is 14.3. The van der Waals surface area contributed by atoms with E-state index in [0.29, 0.717) is 6.42 Å². The molecule has 1 aromatic heterocycles. The fraction of sp³-hybridized carbons (Fsp3) is 0.419. The predicted octanol–water partition coefficient (Wildman–Crippen LogP) is 12.6. The van der Waals surface area contributed by atoms with Crippen LogP contribution in [-0.4, -0.2) is 40.4 Å². The molecule has 0 radical (unpaired) electrons. The van der Waals surface area contributed by atoms with Gasteiger partial charge in [-0.15, -0.1) is 11.6 Å². The van der Waals surface area contributed by atoms with Gasteiger partial charge in [-0.2, -0.15) is 13.4 Å². The van der Waals surface area contributed by atoms with Crippen molar-refractivity contribution in [2.24, 2.45) is 5.92 Å². The minimum atomic E-state index is -4.71. The number of hydrogen-bond acceptors (Lipinski definition) is 7. The standard InChI is InChI=1S/C43H49Cl5N4O6S/c1-2-3-4-5-6-7-8-9-10-11-12-13-14-16-19-32(45)26-30-27-38(53)52(42(30)54)51(34-20-17-15-18-21-34)41-40(58-59(56,57)35-24-22-31(44)23-25-35)43(55)50(49-41)39-36(47)28-33(46)29-37(39)48/h13-15,17-18,20-25,28-30,32,49H,2-12,16,19,26-27H2,1H3. The van der Waals surface area contributed by atoms with Crippen LogP contribution in [-0.2, 0) is 19.7 Å². The Hall–Kier alpha value is -3.45. The predicted molar refractivity (Wildman–Crippen MR) is 238 cm³/mol. The van der Waals surface area contributed by atoms with Gasteiger partial charge in [0.25, 0.3) is 11.7 Å². The number of aromatic nitrogens is 2. The molecule has 10 nitrogen and oxygen atoms in total. The SMILES string of the molecule is CCCCCCCCCCCCC=CCCC(Cl)CC1CC(=O)N(N(c2ccccc2)c2[nH]n(-c3c(Cl)cc(Cl)cc3Cl)c(=O)c2OS(=O)(=O)c2ccc(Cl)cc2)C1=O. The molecule has 318 valence electrons. The van der Waals surface area contributed by atoms with Gasteiger partial charge in [0.2, 0.25) is 5.91 Å². The highest BCUT2D eigenvalue weighted by Gasteiger charge is 2.45. The number of para-hydroxylation sites is 1. The molecule has 5 rings (SSSR count). The number of aromatic amines is 1. The molecule has 0 aliphatic carbocycles. The summed E-state index contributed by atoms with van der Waals surface area (Å²) < 4.78 is 33.8. The zero-order valence-electron chi connectivity index (χ0n) is 32.9. The molecule has 4 aromatic rings. The molecule has 16 heteroatoms. The van der Waals surface area contributed by atoms with Gasteiger partial charge in [0.05, 0.1) is 21.7 Å². The van der Waals surface area contributed by atoms with Gasteiger partial charge >= 0.3 is 15.7 Å². The Morgan fingerprint density at radius 3 is 2.03 bits per heavy atom. The third-order valence-electron chi connectivity index (χ3n) is 10.0. The van der Waals surface area contributed by atoms with Crippen molar-refractivity contribution < 1.29 is 22.2 Å². The molecule has 59 heavy (non-hydrogen) atoms. The third kappa shape index (κ3) is 12.6. The topological polar surface area (TPSA) is 122 Å². The lowest BCUT2D eigenvalue weighted by Gasteiger charge is -2.31. The number of carbonyl (C=O) groups is 2. The van der Waals surface area contributed by atoms with Crippen molar-refractivity contribution in [2.75, 3.05) is 5.01 Å². The Morgan fingerprint density at radius 2 is 1.41 bits per heavy atom. The normalized spacial score (nSPS) is 15.1. The molecule has 0 bridgehead atoms. The molecule has 3 aromatic carbocycles. The van der Waals surface area contributed by atoms with Crippen LogP contribution < -0.4 is 14.8 Å². The molecular weight excluding hydrogens is 878 g/mol. The summed E-state index contributed by atoms with van der Waals surface area (Å²) in [5.41, 5.74) is -0.919. The summed E-state index contributed by atoms with van der Waals surface area (Å²) in [7, 11) is -4.71. The van der Waals surface area contributed by atoms with Crippen molar-refractivity contribution in [2.45, 2.75) is 114 Å². The number of benzene rings is 3. The zero-order chi connectivity index (χ0) is 42.5. The Bertz CT molecular complexity index is 2210. The number of carbonyl (C=O) groups excluding carboxylic acids is 2. The minimum absolute atomic E-state index is 0.0639. The third-order valence-corrected chi connectivity index (χ3v) is 12.7. The van der Waals surface area contributed by atoms with Gasteiger partial charge in [-0.3, -0.25) is 19.5 Å². The zero-order valence-corrected chi connectivity index (χ0v) is 37.5. The van der Waals surface area contributed by atoms with Crippen LogP contribution in [0.4, 0.5) is 11.5 Å². The van der Waals surface area contributed by atoms with Gasteiger partial charge in [-0.1, -0.05) is 141 Å². The molecule has 1 aliphatic heterocycles. The van der Waals surface area contributed by atoms with Gasteiger partial charge in [0, 0.05) is 21.8 Å².